The number of thiazole rings is 1. The van der Waals surface area contributed by atoms with Crippen LogP contribution in [0.25, 0.3) is 0 Å². The zero-order valence-electron chi connectivity index (χ0n) is 16.4. The number of aryl methyl sites for hydroxylation is 2. The number of piperazine rings is 1. The highest BCUT2D eigenvalue weighted by molar-refractivity contribution is 7.09. The molecule has 0 bridgehead atoms. The van der Waals surface area contributed by atoms with Gasteiger partial charge in [0.1, 0.15) is 0 Å². The maximum Gasteiger partial charge on any atom is 0.253 e. The van der Waals surface area contributed by atoms with Crippen molar-refractivity contribution in [1.82, 2.24) is 14.8 Å². The summed E-state index contributed by atoms with van der Waals surface area (Å²) in [6.07, 6.45) is 1.45. The van der Waals surface area contributed by atoms with Gasteiger partial charge in [-0.25, -0.2) is 4.98 Å². The second-order valence-corrected chi connectivity index (χ2v) is 9.00. The number of hydrogen-bond donors (Lipinski definition) is 1. The van der Waals surface area contributed by atoms with Gasteiger partial charge in [0, 0.05) is 43.7 Å². The summed E-state index contributed by atoms with van der Waals surface area (Å²) in [5.74, 6) is 0.101. The van der Waals surface area contributed by atoms with Crippen LogP contribution in [0.3, 0.4) is 0 Å². The van der Waals surface area contributed by atoms with E-state index in [0.29, 0.717) is 6.42 Å². The van der Waals surface area contributed by atoms with E-state index >= 15 is 0 Å². The summed E-state index contributed by atoms with van der Waals surface area (Å²) in [5.41, 5.74) is 2.27. The summed E-state index contributed by atoms with van der Waals surface area (Å²) in [4.78, 5) is 21.7. The van der Waals surface area contributed by atoms with Crippen molar-refractivity contribution in [3.05, 3.63) is 51.5 Å². The molecule has 0 radical (unpaired) electrons. The minimum atomic E-state index is -0.688. The quantitative estimate of drug-likeness (QED) is 0.827. The second kappa shape index (κ2) is 8.50. The van der Waals surface area contributed by atoms with Gasteiger partial charge in [-0.15, -0.1) is 11.3 Å². The fraction of sp³-hybridized carbons (Fsp3) is 0.524. The predicted octanol–water partition coefficient (Wildman–Crippen LogP) is 3.11. The average molecular weight is 388 g/mol. The smallest absolute Gasteiger partial charge is 0.253 e. The molecule has 27 heavy (non-hydrogen) atoms. The highest BCUT2D eigenvalue weighted by Gasteiger charge is 2.23. The molecule has 1 aromatic heterocycles. The van der Waals surface area contributed by atoms with Crippen LogP contribution in [0, 0.1) is 6.92 Å². The van der Waals surface area contributed by atoms with Gasteiger partial charge in [-0.2, -0.15) is 0 Å². The first kappa shape index (κ1) is 20.0. The van der Waals surface area contributed by atoms with Gasteiger partial charge in [-0.1, -0.05) is 12.1 Å². The van der Waals surface area contributed by atoms with Crippen LogP contribution in [0.15, 0.2) is 29.6 Å². The largest absolute Gasteiger partial charge is 0.390 e. The third-order valence-corrected chi connectivity index (χ3v) is 5.73. The van der Waals surface area contributed by atoms with Crippen LogP contribution in [-0.2, 0) is 13.0 Å². The molecule has 0 atom stereocenters. The molecule has 0 aliphatic carbocycles. The van der Waals surface area contributed by atoms with Crippen molar-refractivity contribution in [3.8, 4) is 0 Å². The highest BCUT2D eigenvalue weighted by atomic mass is 32.1. The Bertz CT molecular complexity index is 774. The lowest BCUT2D eigenvalue weighted by Gasteiger charge is -2.34. The number of aliphatic hydroxyl groups is 1. The Labute approximate surface area is 165 Å². The van der Waals surface area contributed by atoms with E-state index in [2.05, 4.69) is 15.3 Å². The Kier molecular flexibility index (Phi) is 6.29. The SMILES string of the molecule is Cc1nc(CN2CCN(C(=O)c3cccc(CCC(C)(C)O)c3)CC2)cs1. The number of nitrogens with zero attached hydrogens (tertiary/aromatic N) is 3. The van der Waals surface area contributed by atoms with Gasteiger partial charge in [0.2, 0.25) is 0 Å². The lowest BCUT2D eigenvalue weighted by molar-refractivity contribution is 0.0627. The number of hydrogen-bond acceptors (Lipinski definition) is 5. The van der Waals surface area contributed by atoms with Crippen molar-refractivity contribution in [2.45, 2.75) is 45.8 Å². The Morgan fingerprint density at radius 3 is 2.63 bits per heavy atom. The Morgan fingerprint density at radius 2 is 2.00 bits per heavy atom. The van der Waals surface area contributed by atoms with Gasteiger partial charge < -0.3 is 10.0 Å². The van der Waals surface area contributed by atoms with Gasteiger partial charge in [0.25, 0.3) is 5.91 Å². The van der Waals surface area contributed by atoms with E-state index in [0.717, 1.165) is 61.0 Å². The summed E-state index contributed by atoms with van der Waals surface area (Å²) < 4.78 is 0. The van der Waals surface area contributed by atoms with Crippen LogP contribution in [0.1, 0.15) is 46.9 Å². The highest BCUT2D eigenvalue weighted by Crippen LogP contribution is 2.17. The monoisotopic (exact) mass is 387 g/mol. The van der Waals surface area contributed by atoms with Crippen molar-refractivity contribution < 1.29 is 9.90 Å². The standard InChI is InChI=1S/C21H29N3O2S/c1-16-22-19(15-27-16)14-23-9-11-24(12-10-23)20(25)18-6-4-5-17(13-18)7-8-21(2,3)26/h4-6,13,15,26H,7-12,14H2,1-3H3. The zero-order chi connectivity index (χ0) is 19.4. The molecule has 5 nitrogen and oxygen atoms in total. The third-order valence-electron chi connectivity index (χ3n) is 4.91. The lowest BCUT2D eigenvalue weighted by Crippen LogP contribution is -2.48. The zero-order valence-corrected chi connectivity index (χ0v) is 17.3. The number of carbonyl (C=O) groups is 1. The molecule has 1 saturated heterocycles. The van der Waals surface area contributed by atoms with Gasteiger partial charge in [-0.3, -0.25) is 9.69 Å². The topological polar surface area (TPSA) is 56.7 Å². The third kappa shape index (κ3) is 5.86. The molecular weight excluding hydrogens is 358 g/mol. The van der Waals surface area contributed by atoms with Crippen molar-refractivity contribution in [2.75, 3.05) is 26.2 Å². The molecule has 1 aliphatic heterocycles. The van der Waals surface area contributed by atoms with Crippen molar-refractivity contribution >= 4 is 17.2 Å². The molecule has 0 saturated carbocycles. The summed E-state index contributed by atoms with van der Waals surface area (Å²) in [5, 5.41) is 13.1. The van der Waals surface area contributed by atoms with E-state index in [1.165, 1.54) is 0 Å². The first-order valence-corrected chi connectivity index (χ1v) is 10.4. The molecule has 1 aliphatic rings. The Morgan fingerprint density at radius 1 is 1.26 bits per heavy atom. The van der Waals surface area contributed by atoms with Crippen molar-refractivity contribution in [1.29, 1.82) is 0 Å². The molecular formula is C21H29N3O2S. The number of rotatable bonds is 6. The summed E-state index contributed by atoms with van der Waals surface area (Å²) in [7, 11) is 0. The van der Waals surface area contributed by atoms with Gasteiger partial charge in [0.15, 0.2) is 0 Å². The number of benzene rings is 1. The van der Waals surface area contributed by atoms with Gasteiger partial charge in [0.05, 0.1) is 16.3 Å². The van der Waals surface area contributed by atoms with Crippen LogP contribution in [-0.4, -0.2) is 57.6 Å². The number of aromatic nitrogens is 1. The molecule has 146 valence electrons. The molecule has 2 heterocycles. The van der Waals surface area contributed by atoms with Crippen LogP contribution in [0.5, 0.6) is 0 Å². The van der Waals surface area contributed by atoms with E-state index in [9.17, 15) is 9.90 Å². The molecule has 6 heteroatoms. The number of carbonyl (C=O) groups excluding carboxylic acids is 1. The summed E-state index contributed by atoms with van der Waals surface area (Å²) in [6.45, 7) is 9.76. The van der Waals surface area contributed by atoms with E-state index < -0.39 is 5.60 Å². The van der Waals surface area contributed by atoms with Crippen LogP contribution < -0.4 is 0 Å². The first-order valence-electron chi connectivity index (χ1n) is 9.54. The predicted molar refractivity (Wildman–Crippen MR) is 109 cm³/mol. The lowest BCUT2D eigenvalue weighted by atomic mass is 9.97. The maximum absolute atomic E-state index is 12.9. The summed E-state index contributed by atoms with van der Waals surface area (Å²) >= 11 is 1.68. The van der Waals surface area contributed by atoms with Crippen LogP contribution in [0.2, 0.25) is 0 Å². The second-order valence-electron chi connectivity index (χ2n) is 7.94. The Hall–Kier alpha value is -1.76. The fourth-order valence-electron chi connectivity index (χ4n) is 3.31. The fourth-order valence-corrected chi connectivity index (χ4v) is 3.92. The molecule has 1 aromatic carbocycles. The van der Waals surface area contributed by atoms with Gasteiger partial charge in [-0.05, 0) is 51.3 Å². The number of amides is 1. The van der Waals surface area contributed by atoms with Crippen molar-refractivity contribution in [3.63, 3.8) is 0 Å². The normalized spacial score (nSPS) is 15.9. The molecule has 1 amide bonds. The molecule has 3 rings (SSSR count). The Balaban J connectivity index is 1.54. The average Bonchev–Trinajstić information content (AvgIpc) is 3.04. The minimum absolute atomic E-state index is 0.101. The van der Waals surface area contributed by atoms with E-state index in [4.69, 9.17) is 0 Å². The van der Waals surface area contributed by atoms with E-state index in [-0.39, 0.29) is 5.91 Å². The minimum Gasteiger partial charge on any atom is -0.390 e. The maximum atomic E-state index is 12.9. The van der Waals surface area contributed by atoms with Crippen molar-refractivity contribution in [2.24, 2.45) is 0 Å². The molecule has 0 unspecified atom stereocenters. The molecule has 2 aromatic rings. The van der Waals surface area contributed by atoms with Crippen LogP contribution in [0.4, 0.5) is 0 Å². The molecule has 1 N–H and O–H groups in total. The molecule has 1 fully saturated rings. The summed E-state index contributed by atoms with van der Waals surface area (Å²) in [6, 6.07) is 7.82. The van der Waals surface area contributed by atoms with E-state index in [1.807, 2.05) is 49.9 Å². The first-order chi connectivity index (χ1) is 12.8. The van der Waals surface area contributed by atoms with E-state index in [1.54, 1.807) is 11.3 Å². The van der Waals surface area contributed by atoms with Gasteiger partial charge >= 0.3 is 0 Å². The van der Waals surface area contributed by atoms with Crippen LogP contribution >= 0.6 is 11.3 Å². The molecule has 0 spiro atoms.